The highest BCUT2D eigenvalue weighted by atomic mass is 32.2. The van der Waals surface area contributed by atoms with Crippen molar-refractivity contribution >= 4 is 96.7 Å². The number of hydrogen-bond acceptors (Lipinski definition) is 13. The number of nitrogens with zero attached hydrogens (tertiary/aromatic N) is 10. The van der Waals surface area contributed by atoms with Gasteiger partial charge in [0.15, 0.2) is 5.65 Å². The maximum absolute atomic E-state index is 14.1. The van der Waals surface area contributed by atoms with E-state index in [0.29, 0.717) is 26.3 Å². The Morgan fingerprint density at radius 3 is 1.38 bits per heavy atom. The van der Waals surface area contributed by atoms with Gasteiger partial charge in [-0.15, -0.1) is 0 Å². The number of benzene rings is 5. The van der Waals surface area contributed by atoms with E-state index in [1.165, 1.54) is 51.9 Å². The van der Waals surface area contributed by atoms with Gasteiger partial charge in [-0.25, -0.2) is 46.5 Å². The minimum Gasteiger partial charge on any atom is -0.374 e. The van der Waals surface area contributed by atoms with Crippen LogP contribution in [0.1, 0.15) is 66.5 Å². The highest BCUT2D eigenvalue weighted by molar-refractivity contribution is 7.90. The van der Waals surface area contributed by atoms with Crippen molar-refractivity contribution in [1.29, 1.82) is 0 Å². The van der Waals surface area contributed by atoms with E-state index in [1.54, 1.807) is 55.0 Å². The van der Waals surface area contributed by atoms with Crippen LogP contribution in [0.25, 0.3) is 49.6 Å². The molecule has 0 N–H and O–H groups in total. The monoisotopic (exact) mass is 1270 g/mol. The topological polar surface area (TPSA) is 150 Å². The Labute approximate surface area is 528 Å². The van der Waals surface area contributed by atoms with Crippen LogP contribution in [-0.2, 0) is 49.3 Å². The Morgan fingerprint density at radius 1 is 0.433 bits per heavy atom. The summed E-state index contributed by atoms with van der Waals surface area (Å²) >= 11 is 0. The van der Waals surface area contributed by atoms with Crippen molar-refractivity contribution < 1.29 is 29.6 Å². The summed E-state index contributed by atoms with van der Waals surface area (Å²) in [6, 6.07) is 32.4. The fourth-order valence-electron chi connectivity index (χ4n) is 13.6. The quantitative estimate of drug-likeness (QED) is 0.121. The van der Waals surface area contributed by atoms with E-state index in [0.717, 1.165) is 166 Å². The average Bonchev–Trinajstić information content (AvgIpc) is 1.62. The number of anilines is 3. The van der Waals surface area contributed by atoms with Crippen LogP contribution < -0.4 is 14.7 Å². The molecular formula is C70H77FN10O6S3. The smallest absolute Gasteiger partial charge is 0.269 e. The molecule has 6 aliphatic rings. The van der Waals surface area contributed by atoms with Crippen molar-refractivity contribution in [2.75, 3.05) is 115 Å². The molecule has 0 aliphatic carbocycles. The van der Waals surface area contributed by atoms with Crippen LogP contribution in [0, 0.1) is 5.82 Å². The summed E-state index contributed by atoms with van der Waals surface area (Å²) in [5, 5.41) is 2.51. The summed E-state index contributed by atoms with van der Waals surface area (Å²) in [5.41, 5.74) is 14.6. The number of halogens is 1. The van der Waals surface area contributed by atoms with Gasteiger partial charge in [0, 0.05) is 154 Å². The van der Waals surface area contributed by atoms with Gasteiger partial charge in [-0.3, -0.25) is 0 Å². The summed E-state index contributed by atoms with van der Waals surface area (Å²) in [6.07, 6.45) is 18.9. The van der Waals surface area contributed by atoms with Gasteiger partial charge in [0.2, 0.25) is 0 Å². The van der Waals surface area contributed by atoms with Gasteiger partial charge in [-0.2, -0.15) is 0 Å². The third-order valence-corrected chi connectivity index (χ3v) is 23.9. The molecule has 90 heavy (non-hydrogen) atoms. The zero-order valence-electron chi connectivity index (χ0n) is 52.0. The predicted octanol–water partition coefficient (Wildman–Crippen LogP) is 11.1. The third-order valence-electron chi connectivity index (χ3n) is 18.9. The van der Waals surface area contributed by atoms with Crippen molar-refractivity contribution in [2.45, 2.75) is 67.1 Å². The minimum atomic E-state index is -3.83. The van der Waals surface area contributed by atoms with Crippen LogP contribution in [0.15, 0.2) is 167 Å². The lowest BCUT2D eigenvalue weighted by Gasteiger charge is -2.21. The second kappa shape index (κ2) is 24.4. The van der Waals surface area contributed by atoms with Crippen LogP contribution >= 0.6 is 0 Å². The SMILES string of the molecule is CCN1CCc2ccc(S(=O)(=O)n3cc(C4=CCN(C)CC4)c4cc(F)ccc43)cc21.CCN1CCc2ccc(S(=O)(=O)n3cc(C4=CCN(C)CC4)c4ccccc43)cc21.CN1CC=C(c2cn(S(=O)(=O)c3ccc4c(c3)N(C)CC4)c3ncccc23)CC1. The predicted molar refractivity (Wildman–Crippen MR) is 361 cm³/mol. The Morgan fingerprint density at radius 2 is 0.867 bits per heavy atom. The molecular weight excluding hydrogens is 1190 g/mol. The number of pyridine rings is 1. The Balaban J connectivity index is 0.000000124. The molecule has 468 valence electrons. The molecule has 0 amide bonds. The molecule has 5 aromatic carbocycles. The molecule has 0 spiro atoms. The molecule has 15 rings (SSSR count). The standard InChI is InChI=1S/C24H26FN3O2S.C24H27N3O2S.C22H24N4O2S/c1-3-27-13-10-18-4-6-20(15-24(18)27)31(29,30)28-16-22(17-8-11-26(2)12-9-17)21-14-19(25)5-7-23(21)28;1-3-26-15-12-19-8-9-20(16-24(19)26)30(28,29)27-17-22(18-10-13-25(2)14-11-18)21-6-4-5-7-23(21)27;1-24-11-7-16(8-12-24)20-15-26(22-19(20)4-3-10-23-22)29(27,28)18-6-5-17-9-13-25(2)21(17)14-18/h4-8,14-16H,3,9-13H2,1-2H3;4-10,16-17H,3,11-15H2,1-2H3;3-7,10,14-15H,8-9,11-13H2,1-2H3. The Kier molecular flexibility index (Phi) is 16.6. The molecule has 16 nitrogen and oxygen atoms in total. The molecule has 0 radical (unpaired) electrons. The molecule has 0 bridgehead atoms. The largest absolute Gasteiger partial charge is 0.374 e. The van der Waals surface area contributed by atoms with Crippen molar-refractivity contribution in [2.24, 2.45) is 0 Å². The third kappa shape index (κ3) is 11.3. The summed E-state index contributed by atoms with van der Waals surface area (Å²) in [4.78, 5) is 18.6. The molecule has 0 unspecified atom stereocenters. The molecule has 0 fully saturated rings. The first-order chi connectivity index (χ1) is 43.3. The van der Waals surface area contributed by atoms with E-state index in [9.17, 15) is 29.6 Å². The lowest BCUT2D eigenvalue weighted by molar-refractivity contribution is 0.370. The van der Waals surface area contributed by atoms with Crippen LogP contribution in [0.4, 0.5) is 21.5 Å². The molecule has 0 saturated heterocycles. The van der Waals surface area contributed by atoms with Crippen molar-refractivity contribution in [3.63, 3.8) is 0 Å². The number of rotatable bonds is 11. The van der Waals surface area contributed by atoms with E-state index < -0.39 is 30.1 Å². The molecule has 10 heterocycles. The van der Waals surface area contributed by atoms with Crippen LogP contribution in [0.5, 0.6) is 0 Å². The van der Waals surface area contributed by atoms with Gasteiger partial charge < -0.3 is 29.4 Å². The lowest BCUT2D eigenvalue weighted by atomic mass is 9.99. The summed E-state index contributed by atoms with van der Waals surface area (Å²) < 4.78 is 100. The van der Waals surface area contributed by atoms with E-state index >= 15 is 0 Å². The zero-order chi connectivity index (χ0) is 62.8. The van der Waals surface area contributed by atoms with E-state index in [4.69, 9.17) is 0 Å². The van der Waals surface area contributed by atoms with Crippen LogP contribution in [0.2, 0.25) is 0 Å². The summed E-state index contributed by atoms with van der Waals surface area (Å²) in [7, 11) is -3.03. The second-order valence-corrected chi connectivity index (χ2v) is 30.0. The van der Waals surface area contributed by atoms with E-state index in [-0.39, 0.29) is 10.7 Å². The Hall–Kier alpha value is -7.85. The molecule has 0 atom stereocenters. The van der Waals surface area contributed by atoms with E-state index in [1.807, 2.05) is 81.0 Å². The number of hydrogen-bond donors (Lipinski definition) is 0. The number of aromatic nitrogens is 4. The van der Waals surface area contributed by atoms with Crippen molar-refractivity contribution in [1.82, 2.24) is 31.6 Å². The van der Waals surface area contributed by atoms with Gasteiger partial charge in [-0.1, -0.05) is 54.6 Å². The number of likely N-dealkylation sites (N-methyl/N-ethyl adjacent to an activating group) is 6. The first-order valence-corrected chi connectivity index (χ1v) is 35.5. The minimum absolute atomic E-state index is 0.261. The fourth-order valence-corrected chi connectivity index (χ4v) is 17.7. The van der Waals surface area contributed by atoms with Gasteiger partial charge in [0.1, 0.15) is 5.82 Å². The zero-order valence-corrected chi connectivity index (χ0v) is 54.4. The van der Waals surface area contributed by atoms with Crippen molar-refractivity contribution in [3.8, 4) is 0 Å². The van der Waals surface area contributed by atoms with Gasteiger partial charge in [0.25, 0.3) is 30.1 Å². The lowest BCUT2D eigenvalue weighted by Crippen LogP contribution is -2.23. The average molecular weight is 1270 g/mol. The normalized spacial score (nSPS) is 17.4. The molecule has 9 aromatic rings. The maximum atomic E-state index is 14.1. The van der Waals surface area contributed by atoms with Gasteiger partial charge >= 0.3 is 0 Å². The maximum Gasteiger partial charge on any atom is 0.269 e. The summed E-state index contributed by atoms with van der Waals surface area (Å²) in [5.74, 6) is -0.367. The first-order valence-electron chi connectivity index (χ1n) is 31.2. The van der Waals surface area contributed by atoms with Crippen LogP contribution in [-0.4, -0.2) is 157 Å². The molecule has 20 heteroatoms. The van der Waals surface area contributed by atoms with Gasteiger partial charge in [-0.05, 0) is 180 Å². The highest BCUT2D eigenvalue weighted by Gasteiger charge is 2.31. The van der Waals surface area contributed by atoms with Crippen LogP contribution in [0.3, 0.4) is 0 Å². The fraction of sp³-hybridized carbons (Fsp3) is 0.329. The number of fused-ring (bicyclic) bond motifs is 6. The highest BCUT2D eigenvalue weighted by Crippen LogP contribution is 2.40. The first kappa shape index (κ1) is 61.0. The molecule has 4 aromatic heterocycles. The number of para-hydroxylation sites is 1. The summed E-state index contributed by atoms with van der Waals surface area (Å²) in [6.45, 7) is 14.1. The Bertz CT molecular complexity index is 4760. The molecule has 6 aliphatic heterocycles. The van der Waals surface area contributed by atoms with Gasteiger partial charge in [0.05, 0.1) is 25.7 Å². The second-order valence-electron chi connectivity index (χ2n) is 24.5. The molecule has 0 saturated carbocycles. The van der Waals surface area contributed by atoms with Crippen molar-refractivity contribution in [3.05, 3.63) is 191 Å². The van der Waals surface area contributed by atoms with E-state index in [2.05, 4.69) is 80.6 Å².